The molecular formula is C20H24N2O. The Balaban J connectivity index is 1.80. The lowest BCUT2D eigenvalue weighted by Crippen LogP contribution is -2.23. The lowest BCUT2D eigenvalue weighted by atomic mass is 10.0. The first-order chi connectivity index (χ1) is 11.2. The number of nitrogens with one attached hydrogen (secondary N) is 1. The van der Waals surface area contributed by atoms with Crippen LogP contribution >= 0.6 is 0 Å². The predicted molar refractivity (Wildman–Crippen MR) is 96.6 cm³/mol. The van der Waals surface area contributed by atoms with Crippen molar-refractivity contribution in [2.75, 3.05) is 26.3 Å². The van der Waals surface area contributed by atoms with Gasteiger partial charge in [0, 0.05) is 30.9 Å². The van der Waals surface area contributed by atoms with E-state index in [0.717, 1.165) is 31.8 Å². The van der Waals surface area contributed by atoms with Crippen molar-refractivity contribution in [3.05, 3.63) is 64.9 Å². The molecule has 0 fully saturated rings. The van der Waals surface area contributed by atoms with Gasteiger partial charge in [0.1, 0.15) is 0 Å². The molecule has 0 saturated carbocycles. The third-order valence-corrected chi connectivity index (χ3v) is 4.17. The maximum absolute atomic E-state index is 5.69. The van der Waals surface area contributed by atoms with Gasteiger partial charge in [-0.2, -0.15) is 0 Å². The van der Waals surface area contributed by atoms with Gasteiger partial charge in [-0.1, -0.05) is 42.5 Å². The Labute approximate surface area is 138 Å². The van der Waals surface area contributed by atoms with E-state index >= 15 is 0 Å². The van der Waals surface area contributed by atoms with Gasteiger partial charge in [0.25, 0.3) is 0 Å². The van der Waals surface area contributed by atoms with Gasteiger partial charge in [0.2, 0.25) is 0 Å². The number of ether oxygens (including phenoxy) is 1. The van der Waals surface area contributed by atoms with E-state index in [-0.39, 0.29) is 0 Å². The molecule has 1 N–H and O–H groups in total. The molecule has 0 amide bonds. The zero-order chi connectivity index (χ0) is 16.1. The minimum atomic E-state index is 0.696. The molecule has 2 heterocycles. The van der Waals surface area contributed by atoms with Crippen LogP contribution in [0.1, 0.15) is 25.8 Å². The summed E-state index contributed by atoms with van der Waals surface area (Å²) < 4.78 is 5.69. The Bertz CT molecular complexity index is 681. The Morgan fingerprint density at radius 2 is 1.87 bits per heavy atom. The highest BCUT2D eigenvalue weighted by Gasteiger charge is 2.13. The summed E-state index contributed by atoms with van der Waals surface area (Å²) in [5, 5.41) is 3.52. The van der Waals surface area contributed by atoms with E-state index in [4.69, 9.17) is 9.73 Å². The van der Waals surface area contributed by atoms with E-state index in [0.29, 0.717) is 6.61 Å². The summed E-state index contributed by atoms with van der Waals surface area (Å²) in [6.07, 6.45) is 5.22. The van der Waals surface area contributed by atoms with Crippen LogP contribution in [-0.2, 0) is 4.74 Å². The van der Waals surface area contributed by atoms with Gasteiger partial charge in [-0.25, -0.2) is 0 Å². The molecule has 3 nitrogen and oxygen atoms in total. The molecule has 0 saturated heterocycles. The van der Waals surface area contributed by atoms with E-state index < -0.39 is 0 Å². The van der Waals surface area contributed by atoms with Crippen molar-refractivity contribution >= 4 is 11.3 Å². The smallest absolute Gasteiger partial charge is 0.0687 e. The number of nitrogens with zero attached hydrogens (tertiary/aromatic N) is 1. The molecule has 3 heteroatoms. The maximum atomic E-state index is 5.69. The van der Waals surface area contributed by atoms with E-state index in [2.05, 4.69) is 55.6 Å². The van der Waals surface area contributed by atoms with Crippen molar-refractivity contribution in [2.45, 2.75) is 20.3 Å². The van der Waals surface area contributed by atoms with Gasteiger partial charge < -0.3 is 10.1 Å². The van der Waals surface area contributed by atoms with Crippen LogP contribution in [0.25, 0.3) is 5.57 Å². The lowest BCUT2D eigenvalue weighted by molar-refractivity contribution is 0.181. The van der Waals surface area contributed by atoms with Crippen LogP contribution in [0.4, 0.5) is 0 Å². The minimum absolute atomic E-state index is 0.696. The van der Waals surface area contributed by atoms with Gasteiger partial charge >= 0.3 is 0 Å². The second kappa shape index (κ2) is 7.53. The normalized spacial score (nSPS) is 19.5. The molecule has 1 aromatic carbocycles. The number of hydrogen-bond acceptors (Lipinski definition) is 3. The van der Waals surface area contributed by atoms with Crippen molar-refractivity contribution in [2.24, 2.45) is 4.99 Å². The summed E-state index contributed by atoms with van der Waals surface area (Å²) in [6.45, 7) is 7.31. The average Bonchev–Trinajstić information content (AvgIpc) is 2.87. The molecule has 0 bridgehead atoms. The zero-order valence-corrected chi connectivity index (χ0v) is 13.9. The number of rotatable bonds is 3. The molecule has 3 rings (SSSR count). The second-order valence-corrected chi connectivity index (χ2v) is 6.22. The van der Waals surface area contributed by atoms with E-state index in [1.807, 2.05) is 6.07 Å². The van der Waals surface area contributed by atoms with Crippen LogP contribution in [0.2, 0.25) is 0 Å². The molecule has 1 aromatic rings. The van der Waals surface area contributed by atoms with Crippen LogP contribution in [0, 0.1) is 0 Å². The quantitative estimate of drug-likeness (QED) is 0.922. The van der Waals surface area contributed by atoms with Crippen molar-refractivity contribution < 1.29 is 4.74 Å². The topological polar surface area (TPSA) is 33.6 Å². The van der Waals surface area contributed by atoms with Gasteiger partial charge in [-0.15, -0.1) is 0 Å². The molecule has 0 atom stereocenters. The van der Waals surface area contributed by atoms with Crippen LogP contribution < -0.4 is 5.32 Å². The summed E-state index contributed by atoms with van der Waals surface area (Å²) in [4.78, 5) is 4.89. The van der Waals surface area contributed by atoms with Gasteiger partial charge in [0.05, 0.1) is 13.2 Å². The maximum Gasteiger partial charge on any atom is 0.0687 e. The molecule has 0 aromatic heterocycles. The highest BCUT2D eigenvalue weighted by molar-refractivity contribution is 5.91. The Hall–Kier alpha value is -1.97. The molecule has 0 aliphatic carbocycles. The van der Waals surface area contributed by atoms with E-state index in [1.165, 1.54) is 28.0 Å². The molecule has 2 aliphatic heterocycles. The summed E-state index contributed by atoms with van der Waals surface area (Å²) in [6, 6.07) is 10.5. The average molecular weight is 308 g/mol. The first-order valence-corrected chi connectivity index (χ1v) is 8.17. The minimum Gasteiger partial charge on any atom is -0.373 e. The molecule has 0 spiro atoms. The third-order valence-electron chi connectivity index (χ3n) is 4.17. The van der Waals surface area contributed by atoms with E-state index in [9.17, 15) is 0 Å². The van der Waals surface area contributed by atoms with Crippen molar-refractivity contribution in [1.82, 2.24) is 5.32 Å². The molecule has 23 heavy (non-hydrogen) atoms. The lowest BCUT2D eigenvalue weighted by Gasteiger charge is -2.08. The number of allylic oxidation sites excluding steroid dienone is 3. The number of aliphatic imine (C=N–C) groups is 1. The first-order valence-electron chi connectivity index (χ1n) is 8.17. The molecule has 2 aliphatic rings. The molecule has 120 valence electrons. The van der Waals surface area contributed by atoms with Crippen LogP contribution in [0.15, 0.2) is 64.3 Å². The summed E-state index contributed by atoms with van der Waals surface area (Å²) in [5.41, 5.74) is 7.37. The van der Waals surface area contributed by atoms with E-state index in [1.54, 1.807) is 0 Å². The summed E-state index contributed by atoms with van der Waals surface area (Å²) >= 11 is 0. The van der Waals surface area contributed by atoms with Crippen molar-refractivity contribution in [3.8, 4) is 0 Å². The summed E-state index contributed by atoms with van der Waals surface area (Å²) in [5.74, 6) is 0. The second-order valence-electron chi connectivity index (χ2n) is 6.22. The largest absolute Gasteiger partial charge is 0.373 e. The molecule has 0 unspecified atom stereocenters. The highest BCUT2D eigenvalue weighted by atomic mass is 16.5. The fraction of sp³-hybridized carbons (Fsp3) is 0.350. The fourth-order valence-electron chi connectivity index (χ4n) is 2.93. The zero-order valence-electron chi connectivity index (χ0n) is 13.9. The molecule has 0 radical (unpaired) electrons. The SMILES string of the molecule is CC1=CC=C(CC2=NC(C)=C(c3ccccc3)CNC2)COC1. The van der Waals surface area contributed by atoms with Crippen molar-refractivity contribution in [3.63, 3.8) is 0 Å². The third kappa shape index (κ3) is 4.27. The predicted octanol–water partition coefficient (Wildman–Crippen LogP) is 3.75. The number of hydrogen-bond donors (Lipinski definition) is 1. The van der Waals surface area contributed by atoms with Gasteiger partial charge in [-0.3, -0.25) is 4.99 Å². The monoisotopic (exact) mass is 308 g/mol. The highest BCUT2D eigenvalue weighted by Crippen LogP contribution is 2.21. The van der Waals surface area contributed by atoms with Gasteiger partial charge in [-0.05, 0) is 36.1 Å². The Morgan fingerprint density at radius 1 is 1.04 bits per heavy atom. The number of benzene rings is 1. The molecular weight excluding hydrogens is 284 g/mol. The van der Waals surface area contributed by atoms with Crippen LogP contribution in [-0.4, -0.2) is 32.0 Å². The standard InChI is InChI=1S/C20H24N2O/c1-15-8-9-17(14-23-13-15)10-19-11-21-12-20(16(2)22-19)18-6-4-3-5-7-18/h3-9,21H,10-14H2,1-2H3. The Kier molecular flexibility index (Phi) is 5.21. The summed E-state index contributed by atoms with van der Waals surface area (Å²) in [7, 11) is 0. The Morgan fingerprint density at radius 3 is 2.70 bits per heavy atom. The van der Waals surface area contributed by atoms with Crippen LogP contribution in [0.5, 0.6) is 0 Å². The van der Waals surface area contributed by atoms with Gasteiger partial charge in [0.15, 0.2) is 0 Å². The fourth-order valence-corrected chi connectivity index (χ4v) is 2.93. The van der Waals surface area contributed by atoms with Crippen molar-refractivity contribution in [1.29, 1.82) is 0 Å². The first kappa shape index (κ1) is 15.9. The van der Waals surface area contributed by atoms with Crippen LogP contribution in [0.3, 0.4) is 0 Å².